The number of aromatic nitrogens is 3. The molecule has 26 heavy (non-hydrogen) atoms. The predicted octanol–water partition coefficient (Wildman–Crippen LogP) is 2.62. The Balaban J connectivity index is 1.52. The predicted molar refractivity (Wildman–Crippen MR) is 92.4 cm³/mol. The van der Waals surface area contributed by atoms with Crippen LogP contribution in [0.3, 0.4) is 0 Å². The van der Waals surface area contributed by atoms with Gasteiger partial charge in [-0.05, 0) is 35.9 Å². The lowest BCUT2D eigenvalue weighted by Gasteiger charge is -2.33. The fraction of sp³-hybridized carbons (Fsp3) is 0.211. The van der Waals surface area contributed by atoms with Gasteiger partial charge in [0.2, 0.25) is 0 Å². The minimum Gasteiger partial charge on any atom is -0.370 e. The number of rotatable bonds is 3. The van der Waals surface area contributed by atoms with Gasteiger partial charge in [0.15, 0.2) is 0 Å². The monoisotopic (exact) mass is 352 g/mol. The Bertz CT molecular complexity index is 896. The summed E-state index contributed by atoms with van der Waals surface area (Å²) in [6, 6.07) is 13.5. The van der Waals surface area contributed by atoms with Gasteiger partial charge in [-0.25, -0.2) is 4.39 Å². The molecule has 7 heteroatoms. The zero-order valence-electron chi connectivity index (χ0n) is 14.0. The topological polar surface area (TPSA) is 60.2 Å². The molecule has 0 bridgehead atoms. The Morgan fingerprint density at radius 2 is 1.88 bits per heavy atom. The fourth-order valence-electron chi connectivity index (χ4n) is 3.03. The lowest BCUT2D eigenvalue weighted by molar-refractivity contribution is -0.0228. The molecule has 1 aromatic heterocycles. The van der Waals surface area contributed by atoms with Crippen molar-refractivity contribution >= 4 is 5.91 Å². The van der Waals surface area contributed by atoms with Crippen molar-refractivity contribution < 1.29 is 13.9 Å². The molecule has 1 aliphatic rings. The van der Waals surface area contributed by atoms with Gasteiger partial charge >= 0.3 is 0 Å². The first-order chi connectivity index (χ1) is 12.7. The highest BCUT2D eigenvalue weighted by atomic mass is 19.1. The summed E-state index contributed by atoms with van der Waals surface area (Å²) in [5, 5.41) is 7.57. The molecule has 1 saturated heterocycles. The van der Waals surface area contributed by atoms with Crippen molar-refractivity contribution in [3.8, 4) is 5.69 Å². The van der Waals surface area contributed by atoms with Crippen LogP contribution in [0.25, 0.3) is 5.69 Å². The Morgan fingerprint density at radius 3 is 2.65 bits per heavy atom. The fourth-order valence-corrected chi connectivity index (χ4v) is 3.03. The van der Waals surface area contributed by atoms with Crippen LogP contribution in [-0.2, 0) is 4.74 Å². The first-order valence-corrected chi connectivity index (χ1v) is 8.32. The normalized spacial score (nSPS) is 17.3. The van der Waals surface area contributed by atoms with Gasteiger partial charge in [0, 0.05) is 17.8 Å². The minimum absolute atomic E-state index is 0.0599. The number of benzene rings is 2. The second-order valence-electron chi connectivity index (χ2n) is 6.08. The molecule has 0 saturated carbocycles. The smallest absolute Gasteiger partial charge is 0.254 e. The van der Waals surface area contributed by atoms with Crippen molar-refractivity contribution in [2.45, 2.75) is 6.10 Å². The Labute approximate surface area is 149 Å². The summed E-state index contributed by atoms with van der Waals surface area (Å²) in [7, 11) is 0. The SMILES string of the molecule is O=C(c1cccc(-n2cnnc2)c1)N1CCO[C@H](c2ccc(F)cc2)C1. The van der Waals surface area contributed by atoms with Crippen LogP contribution < -0.4 is 0 Å². The van der Waals surface area contributed by atoms with Crippen LogP contribution in [0.4, 0.5) is 4.39 Å². The summed E-state index contributed by atoms with van der Waals surface area (Å²) in [6.07, 6.45) is 2.92. The molecule has 132 valence electrons. The van der Waals surface area contributed by atoms with Crippen molar-refractivity contribution in [2.75, 3.05) is 19.7 Å². The molecule has 6 nitrogen and oxygen atoms in total. The standard InChI is InChI=1S/C19H17FN4O2/c20-16-6-4-14(5-7-16)18-11-23(8-9-26-18)19(25)15-2-1-3-17(10-15)24-12-21-22-13-24/h1-7,10,12-13,18H,8-9,11H2/t18-/m0/s1. The number of carbonyl (C=O) groups excluding carboxylic acids is 1. The molecule has 0 radical (unpaired) electrons. The average molecular weight is 352 g/mol. The number of hydrogen-bond acceptors (Lipinski definition) is 4. The highest BCUT2D eigenvalue weighted by Crippen LogP contribution is 2.24. The number of ether oxygens (including phenoxy) is 1. The lowest BCUT2D eigenvalue weighted by atomic mass is 10.1. The first kappa shape index (κ1) is 16.4. The summed E-state index contributed by atoms with van der Waals surface area (Å²) in [4.78, 5) is 14.7. The Morgan fingerprint density at radius 1 is 1.12 bits per heavy atom. The van der Waals surface area contributed by atoms with Crippen LogP contribution in [0.2, 0.25) is 0 Å². The lowest BCUT2D eigenvalue weighted by Crippen LogP contribution is -2.42. The number of amides is 1. The van der Waals surface area contributed by atoms with E-state index in [1.807, 2.05) is 18.2 Å². The maximum atomic E-state index is 13.1. The minimum atomic E-state index is -0.289. The molecule has 1 amide bonds. The van der Waals surface area contributed by atoms with Gasteiger partial charge in [0.1, 0.15) is 24.6 Å². The third-order valence-corrected chi connectivity index (χ3v) is 4.41. The maximum Gasteiger partial charge on any atom is 0.254 e. The van der Waals surface area contributed by atoms with Gasteiger partial charge in [0.25, 0.3) is 5.91 Å². The molecule has 4 rings (SSSR count). The summed E-state index contributed by atoms with van der Waals surface area (Å²) < 4.78 is 20.6. The molecular formula is C19H17FN4O2. The number of nitrogens with zero attached hydrogens (tertiary/aromatic N) is 4. The summed E-state index contributed by atoms with van der Waals surface area (Å²) in [5.74, 6) is -0.348. The molecular weight excluding hydrogens is 335 g/mol. The van der Waals surface area contributed by atoms with E-state index in [1.165, 1.54) is 12.1 Å². The second-order valence-corrected chi connectivity index (χ2v) is 6.08. The molecule has 0 N–H and O–H groups in total. The zero-order chi connectivity index (χ0) is 17.9. The van der Waals surface area contributed by atoms with E-state index in [4.69, 9.17) is 4.74 Å². The van der Waals surface area contributed by atoms with E-state index in [0.29, 0.717) is 25.3 Å². The quantitative estimate of drug-likeness (QED) is 0.727. The summed E-state index contributed by atoms with van der Waals surface area (Å²) in [5.41, 5.74) is 2.28. The van der Waals surface area contributed by atoms with E-state index < -0.39 is 0 Å². The van der Waals surface area contributed by atoms with E-state index in [1.54, 1.807) is 40.3 Å². The van der Waals surface area contributed by atoms with Crippen LogP contribution in [0.1, 0.15) is 22.0 Å². The van der Waals surface area contributed by atoms with Crippen molar-refractivity contribution in [3.05, 3.63) is 78.1 Å². The van der Waals surface area contributed by atoms with Crippen LogP contribution in [0.5, 0.6) is 0 Å². The number of carbonyl (C=O) groups is 1. The Kier molecular flexibility index (Phi) is 4.45. The van der Waals surface area contributed by atoms with E-state index >= 15 is 0 Å². The van der Waals surface area contributed by atoms with Gasteiger partial charge in [-0.2, -0.15) is 0 Å². The molecule has 0 unspecified atom stereocenters. The summed E-state index contributed by atoms with van der Waals surface area (Å²) in [6.45, 7) is 1.40. The number of hydrogen-bond donors (Lipinski definition) is 0. The van der Waals surface area contributed by atoms with E-state index in [0.717, 1.165) is 11.3 Å². The van der Waals surface area contributed by atoms with Crippen molar-refractivity contribution in [1.29, 1.82) is 0 Å². The third-order valence-electron chi connectivity index (χ3n) is 4.41. The molecule has 1 fully saturated rings. The summed E-state index contributed by atoms with van der Waals surface area (Å²) >= 11 is 0. The zero-order valence-corrected chi connectivity index (χ0v) is 14.0. The second kappa shape index (κ2) is 7.05. The maximum absolute atomic E-state index is 13.1. The number of morpholine rings is 1. The third kappa shape index (κ3) is 3.34. The molecule has 3 aromatic rings. The van der Waals surface area contributed by atoms with Gasteiger partial charge < -0.3 is 9.64 Å². The molecule has 1 aliphatic heterocycles. The van der Waals surface area contributed by atoms with Gasteiger partial charge in [0.05, 0.1) is 13.2 Å². The molecule has 2 heterocycles. The van der Waals surface area contributed by atoms with E-state index in [9.17, 15) is 9.18 Å². The van der Waals surface area contributed by atoms with E-state index in [2.05, 4.69) is 10.2 Å². The number of halogens is 1. The van der Waals surface area contributed by atoms with Crippen LogP contribution >= 0.6 is 0 Å². The van der Waals surface area contributed by atoms with Gasteiger partial charge in [-0.1, -0.05) is 18.2 Å². The van der Waals surface area contributed by atoms with Crippen molar-refractivity contribution in [3.63, 3.8) is 0 Å². The van der Waals surface area contributed by atoms with Crippen molar-refractivity contribution in [2.24, 2.45) is 0 Å². The molecule has 0 aliphatic carbocycles. The highest BCUT2D eigenvalue weighted by Gasteiger charge is 2.26. The van der Waals surface area contributed by atoms with Gasteiger partial charge in [-0.15, -0.1) is 10.2 Å². The van der Waals surface area contributed by atoms with Crippen LogP contribution in [0.15, 0.2) is 61.2 Å². The van der Waals surface area contributed by atoms with Crippen LogP contribution in [-0.4, -0.2) is 45.3 Å². The molecule has 2 aromatic carbocycles. The first-order valence-electron chi connectivity index (χ1n) is 8.32. The largest absolute Gasteiger partial charge is 0.370 e. The highest BCUT2D eigenvalue weighted by molar-refractivity contribution is 5.94. The molecule has 1 atom stereocenters. The average Bonchev–Trinajstić information content (AvgIpc) is 3.23. The van der Waals surface area contributed by atoms with Crippen LogP contribution in [0, 0.1) is 5.82 Å². The Hall–Kier alpha value is -3.06. The van der Waals surface area contributed by atoms with Crippen molar-refractivity contribution in [1.82, 2.24) is 19.7 Å². The van der Waals surface area contributed by atoms with E-state index in [-0.39, 0.29) is 17.8 Å². The van der Waals surface area contributed by atoms with Gasteiger partial charge in [-0.3, -0.25) is 9.36 Å². The molecule has 0 spiro atoms.